The fraction of sp³-hybridized carbons (Fsp3) is 0.375. The van der Waals surface area contributed by atoms with Crippen LogP contribution in [-0.2, 0) is 4.74 Å². The number of likely N-dealkylation sites (N-methyl/N-ethyl adjacent to an activating group) is 1. The van der Waals surface area contributed by atoms with Crippen LogP contribution in [0.5, 0.6) is 0 Å². The van der Waals surface area contributed by atoms with E-state index in [9.17, 15) is 9.18 Å². The Morgan fingerprint density at radius 3 is 3.12 bits per heavy atom. The molecule has 0 aliphatic carbocycles. The van der Waals surface area contributed by atoms with Crippen LogP contribution in [0.3, 0.4) is 0 Å². The largest absolute Gasteiger partial charge is 0.376 e. The molecule has 0 bridgehead atoms. The average Bonchev–Trinajstić information content (AvgIpc) is 3.33. The normalized spacial score (nSPS) is 20.2. The highest BCUT2D eigenvalue weighted by Gasteiger charge is 2.33. The average molecular weight is 344 g/mol. The van der Waals surface area contributed by atoms with Crippen molar-refractivity contribution in [2.45, 2.75) is 18.4 Å². The molecule has 1 aromatic carbocycles. The lowest BCUT2D eigenvalue weighted by Gasteiger charge is -2.24. The zero-order valence-corrected chi connectivity index (χ0v) is 13.6. The van der Waals surface area contributed by atoms with Gasteiger partial charge in [-0.2, -0.15) is 5.10 Å². The maximum atomic E-state index is 13.8. The molecule has 3 aromatic rings. The summed E-state index contributed by atoms with van der Waals surface area (Å²) in [6.45, 7) is 0.967. The number of ether oxygens (including phenoxy) is 1. The molecule has 1 fully saturated rings. The topological polar surface area (TPSA) is 99.8 Å². The first-order valence-corrected chi connectivity index (χ1v) is 7.98. The maximum absolute atomic E-state index is 13.8. The van der Waals surface area contributed by atoms with Crippen molar-refractivity contribution in [1.82, 2.24) is 30.0 Å². The third-order valence-corrected chi connectivity index (χ3v) is 4.51. The Balaban J connectivity index is 1.55. The van der Waals surface area contributed by atoms with Crippen LogP contribution in [0.4, 0.5) is 4.39 Å². The molecule has 0 radical (unpaired) electrons. The molecule has 0 saturated carbocycles. The number of aromatic nitrogens is 5. The highest BCUT2D eigenvalue weighted by molar-refractivity contribution is 6.04. The molecule has 8 nitrogen and oxygen atoms in total. The van der Waals surface area contributed by atoms with E-state index in [-0.39, 0.29) is 23.5 Å². The zero-order chi connectivity index (χ0) is 17.4. The number of hydrogen-bond donors (Lipinski definition) is 2. The number of carbonyl (C=O) groups is 1. The van der Waals surface area contributed by atoms with Crippen molar-refractivity contribution in [3.63, 3.8) is 0 Å². The van der Waals surface area contributed by atoms with Crippen molar-refractivity contribution in [3.8, 4) is 0 Å². The number of nitrogens with zero attached hydrogens (tertiary/aromatic N) is 4. The molecule has 1 amide bonds. The number of fused-ring (bicyclic) bond motifs is 1. The lowest BCUT2D eigenvalue weighted by Crippen LogP contribution is -2.36. The molecule has 2 atom stereocenters. The van der Waals surface area contributed by atoms with Crippen molar-refractivity contribution in [3.05, 3.63) is 42.0 Å². The van der Waals surface area contributed by atoms with Gasteiger partial charge in [-0.3, -0.25) is 9.89 Å². The van der Waals surface area contributed by atoms with Gasteiger partial charge in [0.15, 0.2) is 0 Å². The summed E-state index contributed by atoms with van der Waals surface area (Å²) < 4.78 is 19.6. The fourth-order valence-corrected chi connectivity index (χ4v) is 3.27. The summed E-state index contributed by atoms with van der Waals surface area (Å²) in [5.41, 5.74) is 1.18. The van der Waals surface area contributed by atoms with Gasteiger partial charge in [0.25, 0.3) is 5.91 Å². The van der Waals surface area contributed by atoms with Gasteiger partial charge in [-0.1, -0.05) is 0 Å². The minimum Gasteiger partial charge on any atom is -0.376 e. The van der Waals surface area contributed by atoms with E-state index in [0.29, 0.717) is 24.2 Å². The van der Waals surface area contributed by atoms with Crippen molar-refractivity contribution in [2.75, 3.05) is 20.2 Å². The van der Waals surface area contributed by atoms with Crippen LogP contribution in [0, 0.1) is 5.82 Å². The second kappa shape index (κ2) is 6.25. The van der Waals surface area contributed by atoms with Gasteiger partial charge < -0.3 is 14.6 Å². The Morgan fingerprint density at radius 1 is 1.44 bits per heavy atom. The van der Waals surface area contributed by atoms with E-state index in [0.717, 1.165) is 12.2 Å². The van der Waals surface area contributed by atoms with Crippen molar-refractivity contribution in [1.29, 1.82) is 0 Å². The number of imidazole rings is 1. The Bertz CT molecular complexity index is 893. The van der Waals surface area contributed by atoms with Gasteiger partial charge in [-0.15, -0.1) is 0 Å². The smallest absolute Gasteiger partial charge is 0.256 e. The molecule has 130 valence electrons. The summed E-state index contributed by atoms with van der Waals surface area (Å²) in [5.74, 6) is 0.0213. The summed E-state index contributed by atoms with van der Waals surface area (Å²) in [6, 6.07) is 2.53. The first kappa shape index (κ1) is 15.7. The summed E-state index contributed by atoms with van der Waals surface area (Å²) in [5, 5.41) is 6.74. The lowest BCUT2D eigenvalue weighted by molar-refractivity contribution is 0.0551. The van der Waals surface area contributed by atoms with Crippen LogP contribution in [0.1, 0.15) is 28.5 Å². The lowest BCUT2D eigenvalue weighted by atomic mass is 10.00. The minimum absolute atomic E-state index is 0.0515. The predicted molar refractivity (Wildman–Crippen MR) is 86.5 cm³/mol. The predicted octanol–water partition coefficient (Wildman–Crippen LogP) is 1.46. The van der Waals surface area contributed by atoms with Gasteiger partial charge >= 0.3 is 0 Å². The molecule has 1 aliphatic rings. The van der Waals surface area contributed by atoms with Gasteiger partial charge in [0, 0.05) is 26.1 Å². The fourth-order valence-electron chi connectivity index (χ4n) is 3.27. The van der Waals surface area contributed by atoms with Gasteiger partial charge in [0.1, 0.15) is 23.5 Å². The second-order valence-corrected chi connectivity index (χ2v) is 6.11. The van der Waals surface area contributed by atoms with Gasteiger partial charge in [-0.05, 0) is 18.6 Å². The van der Waals surface area contributed by atoms with E-state index in [1.165, 1.54) is 29.7 Å². The maximum Gasteiger partial charge on any atom is 0.256 e. The summed E-state index contributed by atoms with van der Waals surface area (Å²) >= 11 is 0. The number of aromatic amines is 2. The molecule has 9 heteroatoms. The number of rotatable bonds is 4. The number of nitrogens with one attached hydrogen (secondary N) is 2. The number of halogens is 1. The minimum atomic E-state index is -0.481. The van der Waals surface area contributed by atoms with Crippen molar-refractivity contribution < 1.29 is 13.9 Å². The van der Waals surface area contributed by atoms with E-state index in [1.807, 2.05) is 0 Å². The molecule has 4 rings (SSSR count). The summed E-state index contributed by atoms with van der Waals surface area (Å²) in [7, 11) is 1.67. The van der Waals surface area contributed by atoms with Crippen LogP contribution >= 0.6 is 0 Å². The molecule has 1 saturated heterocycles. The Hall–Kier alpha value is -2.81. The SMILES string of the molecule is CN(C[C@H]1OCC[C@H]1c1ncn[nH]1)C(=O)c1cc(F)cc2[nH]cnc12. The molecule has 3 heterocycles. The molecule has 25 heavy (non-hydrogen) atoms. The Kier molecular flexibility index (Phi) is 3.92. The molecule has 2 N–H and O–H groups in total. The van der Waals surface area contributed by atoms with Gasteiger partial charge in [-0.25, -0.2) is 14.4 Å². The first-order chi connectivity index (χ1) is 12.1. The number of H-pyrrole nitrogens is 2. The number of hydrogen-bond acceptors (Lipinski definition) is 5. The van der Waals surface area contributed by atoms with E-state index in [4.69, 9.17) is 4.74 Å². The third-order valence-electron chi connectivity index (χ3n) is 4.51. The van der Waals surface area contributed by atoms with Crippen molar-refractivity contribution >= 4 is 16.9 Å². The highest BCUT2D eigenvalue weighted by Crippen LogP contribution is 2.29. The van der Waals surface area contributed by atoms with Crippen molar-refractivity contribution in [2.24, 2.45) is 0 Å². The monoisotopic (exact) mass is 344 g/mol. The van der Waals surface area contributed by atoms with Crippen LogP contribution in [0.15, 0.2) is 24.8 Å². The number of carbonyl (C=O) groups excluding carboxylic acids is 1. The van der Waals surface area contributed by atoms with Crippen LogP contribution in [0.25, 0.3) is 11.0 Å². The molecular weight excluding hydrogens is 327 g/mol. The first-order valence-electron chi connectivity index (χ1n) is 7.98. The van der Waals surface area contributed by atoms with Crippen LogP contribution < -0.4 is 0 Å². The molecule has 1 aliphatic heterocycles. The van der Waals surface area contributed by atoms with E-state index in [1.54, 1.807) is 7.05 Å². The Labute approximate surface area is 142 Å². The quantitative estimate of drug-likeness (QED) is 0.746. The number of benzene rings is 1. The van der Waals surface area contributed by atoms with E-state index >= 15 is 0 Å². The van der Waals surface area contributed by atoms with E-state index in [2.05, 4.69) is 25.1 Å². The molecule has 0 unspecified atom stereocenters. The zero-order valence-electron chi connectivity index (χ0n) is 13.6. The molecular formula is C16H17FN6O2. The summed E-state index contributed by atoms with van der Waals surface area (Å²) in [4.78, 5) is 25.5. The second-order valence-electron chi connectivity index (χ2n) is 6.11. The standard InChI is InChI=1S/C16H17FN6O2/c1-23(6-13-10(2-3-25-13)15-20-8-21-22-15)16(24)11-4-9(17)5-12-14(11)19-7-18-12/h4-5,7-8,10,13H,2-3,6H2,1H3,(H,18,19)(H,20,21,22)/t10-,13-/m1/s1. The summed E-state index contributed by atoms with van der Waals surface area (Å²) in [6.07, 6.45) is 3.53. The van der Waals surface area contributed by atoms with E-state index < -0.39 is 5.82 Å². The molecule has 0 spiro atoms. The number of amides is 1. The van der Waals surface area contributed by atoms with Gasteiger partial charge in [0.05, 0.1) is 23.5 Å². The highest BCUT2D eigenvalue weighted by atomic mass is 19.1. The third kappa shape index (κ3) is 2.86. The van der Waals surface area contributed by atoms with Gasteiger partial charge in [0.2, 0.25) is 0 Å². The van der Waals surface area contributed by atoms with Crippen LogP contribution in [0.2, 0.25) is 0 Å². The Morgan fingerprint density at radius 2 is 2.32 bits per heavy atom. The molecule has 2 aromatic heterocycles. The van der Waals surface area contributed by atoms with Crippen LogP contribution in [-0.4, -0.2) is 62.3 Å².